The van der Waals surface area contributed by atoms with Crippen LogP contribution >= 0.6 is 23.4 Å². The molecule has 0 fully saturated rings. The van der Waals surface area contributed by atoms with Gasteiger partial charge in [0.25, 0.3) is 0 Å². The van der Waals surface area contributed by atoms with Crippen molar-refractivity contribution in [3.8, 4) is 0 Å². The van der Waals surface area contributed by atoms with Crippen LogP contribution < -0.4 is 11.2 Å². The molecule has 7 heteroatoms. The topological polar surface area (TPSA) is 70.4 Å². The maximum atomic E-state index is 6.12. The highest BCUT2D eigenvalue weighted by atomic mass is 35.5. The van der Waals surface area contributed by atoms with Crippen molar-refractivity contribution >= 4 is 29.1 Å². The molecular weight excluding hydrogens is 330 g/mol. The summed E-state index contributed by atoms with van der Waals surface area (Å²) in [7, 11) is 0. The van der Waals surface area contributed by atoms with Crippen LogP contribution in [0.4, 0.5) is 0 Å². The molecule has 0 bridgehead atoms. The Hall–Kier alpha value is -1.50. The SMILES string of the molecule is Cc1cc(C2=CSc3nnc(CCCCC[NH3+])n3N2)ccc1Cl. The van der Waals surface area contributed by atoms with E-state index in [-0.39, 0.29) is 0 Å². The smallest absolute Gasteiger partial charge is 0.214 e. The monoisotopic (exact) mass is 350 g/mol. The number of hydrogen-bond donors (Lipinski definition) is 2. The predicted molar refractivity (Wildman–Crippen MR) is 94.7 cm³/mol. The van der Waals surface area contributed by atoms with Crippen LogP contribution in [0.1, 0.15) is 36.2 Å². The van der Waals surface area contributed by atoms with Gasteiger partial charge in [-0.15, -0.1) is 10.2 Å². The van der Waals surface area contributed by atoms with Crippen LogP contribution in [-0.4, -0.2) is 21.4 Å². The molecule has 5 nitrogen and oxygen atoms in total. The molecule has 0 saturated carbocycles. The van der Waals surface area contributed by atoms with Gasteiger partial charge in [-0.1, -0.05) is 29.4 Å². The summed E-state index contributed by atoms with van der Waals surface area (Å²) >= 11 is 7.70. The average molecular weight is 351 g/mol. The molecule has 4 N–H and O–H groups in total. The minimum absolute atomic E-state index is 0.786. The van der Waals surface area contributed by atoms with Crippen LogP contribution in [0, 0.1) is 6.92 Å². The van der Waals surface area contributed by atoms with Crippen LogP contribution in [0.25, 0.3) is 5.70 Å². The van der Waals surface area contributed by atoms with Gasteiger partial charge in [-0.3, -0.25) is 5.43 Å². The number of fused-ring (bicyclic) bond motifs is 1. The number of hydrogen-bond acceptors (Lipinski definition) is 4. The van der Waals surface area contributed by atoms with E-state index in [4.69, 9.17) is 11.6 Å². The third-order valence-corrected chi connectivity index (χ3v) is 5.09. The summed E-state index contributed by atoms with van der Waals surface area (Å²) in [5.41, 5.74) is 10.5. The summed E-state index contributed by atoms with van der Waals surface area (Å²) in [6.07, 6.45) is 4.38. The predicted octanol–water partition coefficient (Wildman–Crippen LogP) is 2.84. The van der Waals surface area contributed by atoms with E-state index in [0.29, 0.717) is 0 Å². The molecular formula is C16H21ClN5S+. The summed E-state index contributed by atoms with van der Waals surface area (Å²) in [5.74, 6) is 0.979. The maximum Gasteiger partial charge on any atom is 0.214 e. The molecule has 1 aromatic heterocycles. The molecule has 0 saturated heterocycles. The molecule has 2 aromatic rings. The number of unbranched alkanes of at least 4 members (excludes halogenated alkanes) is 2. The van der Waals surface area contributed by atoms with Gasteiger partial charge in [0.2, 0.25) is 5.16 Å². The first-order valence-electron chi connectivity index (χ1n) is 7.83. The number of quaternary nitrogens is 1. The number of aryl methyl sites for hydroxylation is 2. The lowest BCUT2D eigenvalue weighted by molar-refractivity contribution is -0.368. The second kappa shape index (κ2) is 7.38. The number of nitrogens with one attached hydrogen (secondary N) is 1. The van der Waals surface area contributed by atoms with Crippen molar-refractivity contribution in [2.75, 3.05) is 12.0 Å². The molecule has 0 aliphatic carbocycles. The zero-order chi connectivity index (χ0) is 16.2. The summed E-state index contributed by atoms with van der Waals surface area (Å²) in [5, 5.41) is 12.3. The van der Waals surface area contributed by atoms with Crippen LogP contribution in [0.2, 0.25) is 5.02 Å². The van der Waals surface area contributed by atoms with Crippen LogP contribution in [0.3, 0.4) is 0 Å². The second-order valence-corrected chi connectivity index (χ2v) is 6.87. The third kappa shape index (κ3) is 3.71. The van der Waals surface area contributed by atoms with Crippen molar-refractivity contribution in [3.63, 3.8) is 0 Å². The van der Waals surface area contributed by atoms with E-state index in [1.54, 1.807) is 11.8 Å². The first kappa shape index (κ1) is 16.4. The Morgan fingerprint density at radius 3 is 2.91 bits per heavy atom. The minimum atomic E-state index is 0.786. The number of nitrogens with zero attached hydrogens (tertiary/aromatic N) is 3. The van der Waals surface area contributed by atoms with E-state index < -0.39 is 0 Å². The van der Waals surface area contributed by atoms with Gasteiger partial charge in [-0.2, -0.15) is 0 Å². The van der Waals surface area contributed by atoms with Crippen molar-refractivity contribution in [3.05, 3.63) is 45.6 Å². The Morgan fingerprint density at radius 2 is 2.13 bits per heavy atom. The van der Waals surface area contributed by atoms with E-state index in [1.165, 1.54) is 12.8 Å². The molecule has 122 valence electrons. The highest BCUT2D eigenvalue weighted by molar-refractivity contribution is 8.02. The van der Waals surface area contributed by atoms with Gasteiger partial charge in [0.15, 0.2) is 5.82 Å². The molecule has 1 aliphatic heterocycles. The molecule has 0 amide bonds. The van der Waals surface area contributed by atoms with Gasteiger partial charge < -0.3 is 5.73 Å². The first-order chi connectivity index (χ1) is 11.2. The Balaban J connectivity index is 1.74. The molecule has 1 aliphatic rings. The fraction of sp³-hybridized carbons (Fsp3) is 0.375. The van der Waals surface area contributed by atoms with Crippen molar-refractivity contribution < 1.29 is 5.73 Å². The van der Waals surface area contributed by atoms with Gasteiger partial charge in [0, 0.05) is 22.4 Å². The van der Waals surface area contributed by atoms with Crippen LogP contribution in [0.5, 0.6) is 0 Å². The van der Waals surface area contributed by atoms with Gasteiger partial charge in [-0.05, 0) is 43.9 Å². The summed E-state index contributed by atoms with van der Waals surface area (Å²) in [4.78, 5) is 0. The number of benzene rings is 1. The van der Waals surface area contributed by atoms with Gasteiger partial charge in [0.1, 0.15) is 0 Å². The normalized spacial score (nSPS) is 13.4. The largest absolute Gasteiger partial charge is 0.358 e. The van der Waals surface area contributed by atoms with Crippen molar-refractivity contribution in [1.82, 2.24) is 14.9 Å². The van der Waals surface area contributed by atoms with E-state index in [9.17, 15) is 0 Å². The Labute approximate surface area is 145 Å². The average Bonchev–Trinajstić information content (AvgIpc) is 2.96. The lowest BCUT2D eigenvalue weighted by Gasteiger charge is -2.19. The van der Waals surface area contributed by atoms with Gasteiger partial charge in [-0.25, -0.2) is 4.68 Å². The van der Waals surface area contributed by atoms with Crippen LogP contribution in [0.15, 0.2) is 28.8 Å². The van der Waals surface area contributed by atoms with Crippen molar-refractivity contribution in [2.24, 2.45) is 0 Å². The molecule has 1 aromatic carbocycles. The Morgan fingerprint density at radius 1 is 1.26 bits per heavy atom. The zero-order valence-corrected chi connectivity index (χ0v) is 14.8. The molecule has 2 heterocycles. The third-order valence-electron chi connectivity index (χ3n) is 3.83. The van der Waals surface area contributed by atoms with Gasteiger partial charge in [0.05, 0.1) is 12.2 Å². The Kier molecular flexibility index (Phi) is 5.25. The number of aromatic nitrogens is 3. The highest BCUT2D eigenvalue weighted by Gasteiger charge is 2.18. The second-order valence-electron chi connectivity index (χ2n) is 5.62. The van der Waals surface area contributed by atoms with Crippen LogP contribution in [-0.2, 0) is 6.42 Å². The lowest BCUT2D eigenvalue weighted by atomic mass is 10.1. The van der Waals surface area contributed by atoms with Crippen molar-refractivity contribution in [1.29, 1.82) is 0 Å². The summed E-state index contributed by atoms with van der Waals surface area (Å²) < 4.78 is 1.99. The van der Waals surface area contributed by atoms with Gasteiger partial charge >= 0.3 is 0 Å². The quantitative estimate of drug-likeness (QED) is 0.786. The molecule has 23 heavy (non-hydrogen) atoms. The van der Waals surface area contributed by atoms with E-state index in [2.05, 4.69) is 32.8 Å². The maximum absolute atomic E-state index is 6.12. The standard InChI is InChI=1S/C16H20ClN5S/c1-11-9-12(6-7-13(11)17)14-10-23-16-20-19-15(22(16)21-14)5-3-2-4-8-18/h6-7,9-10,21H,2-5,8,18H2,1H3/p+1. The molecule has 0 atom stereocenters. The van der Waals surface area contributed by atoms with E-state index in [1.807, 2.05) is 23.7 Å². The number of halogens is 1. The molecule has 0 radical (unpaired) electrons. The minimum Gasteiger partial charge on any atom is -0.358 e. The summed E-state index contributed by atoms with van der Waals surface area (Å²) in [6.45, 7) is 3.01. The number of rotatable bonds is 6. The van der Waals surface area contributed by atoms with E-state index >= 15 is 0 Å². The molecule has 0 spiro atoms. The van der Waals surface area contributed by atoms with Crippen molar-refractivity contribution in [2.45, 2.75) is 37.8 Å². The summed E-state index contributed by atoms with van der Waals surface area (Å²) in [6, 6.07) is 6.05. The molecule has 3 rings (SSSR count). The lowest BCUT2D eigenvalue weighted by Crippen LogP contribution is -2.50. The zero-order valence-electron chi connectivity index (χ0n) is 13.2. The highest BCUT2D eigenvalue weighted by Crippen LogP contribution is 2.30. The molecule has 0 unspecified atom stereocenters. The number of thioether (sulfide) groups is 1. The fourth-order valence-electron chi connectivity index (χ4n) is 2.49. The Bertz CT molecular complexity index is 725. The van der Waals surface area contributed by atoms with E-state index in [0.717, 1.165) is 52.2 Å². The first-order valence-corrected chi connectivity index (χ1v) is 9.08. The fourth-order valence-corrected chi connectivity index (χ4v) is 3.36.